The Labute approximate surface area is 144 Å². The first-order chi connectivity index (χ1) is 11.5. The molecule has 1 aromatic carbocycles. The summed E-state index contributed by atoms with van der Waals surface area (Å²) in [5.41, 5.74) is 0. The Hall–Kier alpha value is -2.06. The van der Waals surface area contributed by atoms with E-state index in [1.165, 1.54) is 23.5 Å². The van der Waals surface area contributed by atoms with Crippen molar-refractivity contribution in [1.82, 2.24) is 5.32 Å². The summed E-state index contributed by atoms with van der Waals surface area (Å²) in [7, 11) is -3.55. The molecule has 1 N–H and O–H groups in total. The van der Waals surface area contributed by atoms with Gasteiger partial charge in [-0.05, 0) is 23.6 Å². The van der Waals surface area contributed by atoms with E-state index in [2.05, 4.69) is 5.32 Å². The van der Waals surface area contributed by atoms with Crippen LogP contribution in [0.5, 0.6) is 11.5 Å². The van der Waals surface area contributed by atoms with Gasteiger partial charge in [0, 0.05) is 17.4 Å². The van der Waals surface area contributed by atoms with Crippen LogP contribution in [0.4, 0.5) is 0 Å². The highest BCUT2D eigenvalue weighted by Gasteiger charge is 2.20. The molecule has 0 atom stereocenters. The molecule has 128 valence electrons. The average molecular weight is 367 g/mol. The van der Waals surface area contributed by atoms with Gasteiger partial charge in [0.2, 0.25) is 5.91 Å². The maximum atomic E-state index is 12.4. The van der Waals surface area contributed by atoms with Crippen molar-refractivity contribution < 1.29 is 22.7 Å². The summed E-state index contributed by atoms with van der Waals surface area (Å²) in [6, 6.07) is 8.33. The Morgan fingerprint density at radius 3 is 2.71 bits per heavy atom. The fourth-order valence-corrected chi connectivity index (χ4v) is 4.15. The van der Waals surface area contributed by atoms with Gasteiger partial charge in [-0.3, -0.25) is 4.79 Å². The van der Waals surface area contributed by atoms with E-state index < -0.39 is 9.84 Å². The SMILES string of the molecule is O=C(CCS(=O)(=O)c1ccc2c(c1)OCCO2)NCc1cccs1. The van der Waals surface area contributed by atoms with Gasteiger partial charge in [-0.1, -0.05) is 6.07 Å². The second kappa shape index (κ2) is 7.23. The number of amides is 1. The number of hydrogen-bond donors (Lipinski definition) is 1. The molecule has 0 aliphatic carbocycles. The van der Waals surface area contributed by atoms with Crippen molar-refractivity contribution in [1.29, 1.82) is 0 Å². The van der Waals surface area contributed by atoms with E-state index in [0.717, 1.165) is 4.88 Å². The van der Waals surface area contributed by atoms with E-state index in [1.807, 2.05) is 17.5 Å². The molecule has 1 aromatic heterocycles. The molecule has 0 unspecified atom stereocenters. The van der Waals surface area contributed by atoms with E-state index in [0.29, 0.717) is 31.3 Å². The Balaban J connectivity index is 1.58. The molecule has 2 aromatic rings. The summed E-state index contributed by atoms with van der Waals surface area (Å²) in [5, 5.41) is 4.65. The standard InChI is InChI=1S/C16H17NO5S2/c18-16(17-11-12-2-1-8-23-12)5-9-24(19,20)13-3-4-14-15(10-13)22-7-6-21-14/h1-4,8,10H,5-7,9,11H2,(H,17,18). The molecule has 0 saturated heterocycles. The molecule has 1 aliphatic heterocycles. The molecule has 1 amide bonds. The Morgan fingerprint density at radius 1 is 1.17 bits per heavy atom. The normalized spacial score (nSPS) is 13.5. The molecule has 24 heavy (non-hydrogen) atoms. The summed E-state index contributed by atoms with van der Waals surface area (Å²) in [4.78, 5) is 13.0. The van der Waals surface area contributed by atoms with E-state index in [-0.39, 0.29) is 23.0 Å². The van der Waals surface area contributed by atoms with Crippen LogP contribution in [-0.2, 0) is 21.2 Å². The predicted molar refractivity (Wildman–Crippen MR) is 90.3 cm³/mol. The lowest BCUT2D eigenvalue weighted by atomic mass is 10.3. The second-order valence-electron chi connectivity index (χ2n) is 5.23. The molecular formula is C16H17NO5S2. The lowest BCUT2D eigenvalue weighted by molar-refractivity contribution is -0.120. The van der Waals surface area contributed by atoms with E-state index in [1.54, 1.807) is 6.07 Å². The fraction of sp³-hybridized carbons (Fsp3) is 0.312. The van der Waals surface area contributed by atoms with Crippen LogP contribution in [0.3, 0.4) is 0 Å². The highest BCUT2D eigenvalue weighted by molar-refractivity contribution is 7.91. The van der Waals surface area contributed by atoms with Gasteiger partial charge in [0.15, 0.2) is 21.3 Å². The first kappa shape index (κ1) is 16.8. The van der Waals surface area contributed by atoms with Crippen molar-refractivity contribution in [3.05, 3.63) is 40.6 Å². The third kappa shape index (κ3) is 4.07. The maximum absolute atomic E-state index is 12.4. The van der Waals surface area contributed by atoms with Gasteiger partial charge < -0.3 is 14.8 Å². The van der Waals surface area contributed by atoms with Crippen molar-refractivity contribution in [2.75, 3.05) is 19.0 Å². The number of hydrogen-bond acceptors (Lipinski definition) is 6. The van der Waals surface area contributed by atoms with Gasteiger partial charge in [-0.2, -0.15) is 0 Å². The zero-order valence-electron chi connectivity index (χ0n) is 12.9. The minimum absolute atomic E-state index is 0.0812. The average Bonchev–Trinajstić information content (AvgIpc) is 3.11. The minimum atomic E-state index is -3.55. The fourth-order valence-electron chi connectivity index (χ4n) is 2.25. The van der Waals surface area contributed by atoms with Crippen molar-refractivity contribution in [3.8, 4) is 11.5 Å². The Kier molecular flexibility index (Phi) is 5.06. The number of fused-ring (bicyclic) bond motifs is 1. The predicted octanol–water partition coefficient (Wildman–Crippen LogP) is 2.00. The smallest absolute Gasteiger partial charge is 0.221 e. The van der Waals surface area contributed by atoms with Crippen LogP contribution in [0.15, 0.2) is 40.6 Å². The van der Waals surface area contributed by atoms with Gasteiger partial charge in [0.1, 0.15) is 13.2 Å². The highest BCUT2D eigenvalue weighted by Crippen LogP contribution is 2.32. The minimum Gasteiger partial charge on any atom is -0.486 e. The molecule has 2 heterocycles. The number of rotatable bonds is 6. The number of carbonyl (C=O) groups is 1. The first-order valence-electron chi connectivity index (χ1n) is 7.46. The molecule has 0 spiro atoms. The van der Waals surface area contributed by atoms with Gasteiger partial charge in [-0.15, -0.1) is 11.3 Å². The molecule has 3 rings (SSSR count). The van der Waals surface area contributed by atoms with Gasteiger partial charge in [0.25, 0.3) is 0 Å². The van der Waals surface area contributed by atoms with Crippen LogP contribution in [0, 0.1) is 0 Å². The van der Waals surface area contributed by atoms with Gasteiger partial charge >= 0.3 is 0 Å². The molecular weight excluding hydrogens is 350 g/mol. The molecule has 1 aliphatic rings. The molecule has 0 radical (unpaired) electrons. The summed E-state index contributed by atoms with van der Waals surface area (Å²) in [5.74, 6) is 0.422. The third-order valence-corrected chi connectivity index (χ3v) is 6.10. The third-order valence-electron chi connectivity index (χ3n) is 3.51. The zero-order valence-corrected chi connectivity index (χ0v) is 14.5. The van der Waals surface area contributed by atoms with E-state index >= 15 is 0 Å². The van der Waals surface area contributed by atoms with Crippen molar-refractivity contribution >= 4 is 27.1 Å². The maximum Gasteiger partial charge on any atom is 0.221 e. The van der Waals surface area contributed by atoms with E-state index in [4.69, 9.17) is 9.47 Å². The van der Waals surface area contributed by atoms with Gasteiger partial charge in [0.05, 0.1) is 17.2 Å². The number of nitrogens with one attached hydrogen (secondary N) is 1. The summed E-state index contributed by atoms with van der Waals surface area (Å²) >= 11 is 1.54. The van der Waals surface area contributed by atoms with Gasteiger partial charge in [-0.25, -0.2) is 8.42 Å². The highest BCUT2D eigenvalue weighted by atomic mass is 32.2. The second-order valence-corrected chi connectivity index (χ2v) is 8.37. The Morgan fingerprint density at radius 2 is 1.96 bits per heavy atom. The Bertz CT molecular complexity index is 815. The number of thiophene rings is 1. The van der Waals surface area contributed by atoms with Crippen molar-refractivity contribution in [2.45, 2.75) is 17.9 Å². The van der Waals surface area contributed by atoms with Crippen LogP contribution in [0.1, 0.15) is 11.3 Å². The van der Waals surface area contributed by atoms with Crippen LogP contribution >= 0.6 is 11.3 Å². The van der Waals surface area contributed by atoms with Crippen LogP contribution in [-0.4, -0.2) is 33.3 Å². The first-order valence-corrected chi connectivity index (χ1v) is 9.99. The van der Waals surface area contributed by atoms with Crippen molar-refractivity contribution in [3.63, 3.8) is 0 Å². The zero-order chi connectivity index (χ0) is 17.0. The van der Waals surface area contributed by atoms with Crippen LogP contribution < -0.4 is 14.8 Å². The summed E-state index contributed by atoms with van der Waals surface area (Å²) < 4.78 is 35.5. The number of ether oxygens (including phenoxy) is 2. The lowest BCUT2D eigenvalue weighted by Crippen LogP contribution is -2.25. The summed E-state index contributed by atoms with van der Waals surface area (Å²) in [6.07, 6.45) is -0.0812. The molecule has 0 saturated carbocycles. The largest absolute Gasteiger partial charge is 0.486 e. The quantitative estimate of drug-likeness (QED) is 0.844. The number of carbonyl (C=O) groups excluding carboxylic acids is 1. The van der Waals surface area contributed by atoms with Crippen LogP contribution in [0.25, 0.3) is 0 Å². The topological polar surface area (TPSA) is 81.7 Å². The van der Waals surface area contributed by atoms with Crippen molar-refractivity contribution in [2.24, 2.45) is 0 Å². The van der Waals surface area contributed by atoms with Crippen LogP contribution in [0.2, 0.25) is 0 Å². The monoisotopic (exact) mass is 367 g/mol. The number of sulfone groups is 1. The van der Waals surface area contributed by atoms with E-state index in [9.17, 15) is 13.2 Å². The molecule has 8 heteroatoms. The molecule has 6 nitrogen and oxygen atoms in total. The number of benzene rings is 1. The summed E-state index contributed by atoms with van der Waals surface area (Å²) in [6.45, 7) is 1.26. The molecule has 0 bridgehead atoms. The lowest BCUT2D eigenvalue weighted by Gasteiger charge is -2.18. The molecule has 0 fully saturated rings.